The van der Waals surface area contributed by atoms with Crippen LogP contribution in [0.1, 0.15) is 30.4 Å². The van der Waals surface area contributed by atoms with Gasteiger partial charge in [0.05, 0.1) is 0 Å². The van der Waals surface area contributed by atoms with Gasteiger partial charge in [-0.25, -0.2) is 0 Å². The Hall–Kier alpha value is -0.870. The van der Waals surface area contributed by atoms with Crippen LogP contribution in [0.2, 0.25) is 0 Å². The van der Waals surface area contributed by atoms with Gasteiger partial charge in [0.25, 0.3) is 0 Å². The van der Waals surface area contributed by atoms with Crippen molar-refractivity contribution in [3.63, 3.8) is 0 Å². The van der Waals surface area contributed by atoms with Crippen molar-refractivity contribution in [3.05, 3.63) is 23.3 Å². The Morgan fingerprint density at radius 3 is 3.14 bits per heavy atom. The van der Waals surface area contributed by atoms with E-state index in [1.54, 1.807) is 24.9 Å². The molecule has 1 saturated carbocycles. The van der Waals surface area contributed by atoms with Crippen LogP contribution in [-0.4, -0.2) is 36.4 Å². The molecule has 1 heterocycles. The smallest absolute Gasteiger partial charge is 0.165 e. The number of rotatable bonds is 4. The molecule has 2 bridgehead atoms. The van der Waals surface area contributed by atoms with Crippen LogP contribution in [0, 0.1) is 5.92 Å². The summed E-state index contributed by atoms with van der Waals surface area (Å²) >= 11 is 1.79. The van der Waals surface area contributed by atoms with E-state index in [-0.39, 0.29) is 17.6 Å². The van der Waals surface area contributed by atoms with Gasteiger partial charge in [-0.2, -0.15) is 11.8 Å². The number of aromatic hydroxyl groups is 1. The van der Waals surface area contributed by atoms with Crippen molar-refractivity contribution in [2.24, 2.45) is 5.92 Å². The van der Waals surface area contributed by atoms with Crippen LogP contribution in [-0.2, 0) is 16.6 Å². The fourth-order valence-electron chi connectivity index (χ4n) is 4.86. The van der Waals surface area contributed by atoms with Crippen molar-refractivity contribution in [2.45, 2.75) is 43.3 Å². The third-order valence-corrected chi connectivity index (χ3v) is 6.30. The molecule has 1 aromatic rings. The average Bonchev–Trinajstić information content (AvgIpc) is 3.01. The third-order valence-electron chi connectivity index (χ3n) is 5.64. The second kappa shape index (κ2) is 4.82. The molecule has 1 N–H and O–H groups in total. The Morgan fingerprint density at radius 2 is 2.38 bits per heavy atom. The number of hydrogen-bond acceptors (Lipinski definition) is 4. The zero-order valence-electron chi connectivity index (χ0n) is 12.6. The summed E-state index contributed by atoms with van der Waals surface area (Å²) in [7, 11) is 1.78. The summed E-state index contributed by atoms with van der Waals surface area (Å²) in [6, 6.07) is 3.90. The van der Waals surface area contributed by atoms with Gasteiger partial charge < -0.3 is 14.6 Å². The fourth-order valence-corrected chi connectivity index (χ4v) is 5.50. The first-order chi connectivity index (χ1) is 10.2. The summed E-state index contributed by atoms with van der Waals surface area (Å²) in [4.78, 5) is 0. The number of phenolic OH excluding ortho intramolecular Hbond substituents is 1. The first-order valence-electron chi connectivity index (χ1n) is 7.73. The number of ether oxygens (including phenoxy) is 2. The number of hydrogen-bond donors (Lipinski definition) is 1. The minimum atomic E-state index is 0.0438. The van der Waals surface area contributed by atoms with E-state index in [4.69, 9.17) is 9.47 Å². The SMILES string of the molecule is COC(CSC)[C@@H]1Oc2c(O)ccc3c2C12CCC(C3)C2. The van der Waals surface area contributed by atoms with E-state index in [0.717, 1.165) is 23.8 Å². The summed E-state index contributed by atoms with van der Waals surface area (Å²) in [6.07, 6.45) is 6.99. The summed E-state index contributed by atoms with van der Waals surface area (Å²) in [6.45, 7) is 0. The van der Waals surface area contributed by atoms with Gasteiger partial charge in [0.1, 0.15) is 12.2 Å². The topological polar surface area (TPSA) is 38.7 Å². The monoisotopic (exact) mass is 306 g/mol. The van der Waals surface area contributed by atoms with E-state index in [2.05, 4.69) is 12.3 Å². The van der Waals surface area contributed by atoms with Crippen molar-refractivity contribution in [3.8, 4) is 11.5 Å². The maximum Gasteiger partial charge on any atom is 0.165 e. The number of phenols is 1. The Labute approximate surface area is 130 Å². The molecule has 21 heavy (non-hydrogen) atoms. The number of thioether (sulfide) groups is 1. The lowest BCUT2D eigenvalue weighted by atomic mass is 9.68. The normalized spacial score (nSPS) is 33.6. The molecule has 3 nitrogen and oxygen atoms in total. The molecule has 4 atom stereocenters. The van der Waals surface area contributed by atoms with Crippen LogP contribution in [0.3, 0.4) is 0 Å². The van der Waals surface area contributed by atoms with Gasteiger partial charge in [0.15, 0.2) is 11.5 Å². The van der Waals surface area contributed by atoms with Crippen molar-refractivity contribution in [1.29, 1.82) is 0 Å². The van der Waals surface area contributed by atoms with Crippen LogP contribution < -0.4 is 4.74 Å². The van der Waals surface area contributed by atoms with Gasteiger partial charge in [0.2, 0.25) is 0 Å². The van der Waals surface area contributed by atoms with Crippen LogP contribution >= 0.6 is 11.8 Å². The zero-order valence-corrected chi connectivity index (χ0v) is 13.4. The Balaban J connectivity index is 1.84. The van der Waals surface area contributed by atoms with Gasteiger partial charge in [0, 0.05) is 23.8 Å². The van der Waals surface area contributed by atoms with Gasteiger partial charge in [-0.15, -0.1) is 0 Å². The largest absolute Gasteiger partial charge is 0.504 e. The Kier molecular flexibility index (Phi) is 3.16. The van der Waals surface area contributed by atoms with E-state index < -0.39 is 0 Å². The van der Waals surface area contributed by atoms with E-state index >= 15 is 0 Å². The molecule has 1 aliphatic heterocycles. The van der Waals surface area contributed by atoms with Gasteiger partial charge >= 0.3 is 0 Å². The predicted molar refractivity (Wildman–Crippen MR) is 84.4 cm³/mol. The van der Waals surface area contributed by atoms with Gasteiger partial charge in [-0.3, -0.25) is 0 Å². The highest BCUT2D eigenvalue weighted by atomic mass is 32.2. The highest BCUT2D eigenvalue weighted by Gasteiger charge is 2.59. The zero-order chi connectivity index (χ0) is 14.6. The van der Waals surface area contributed by atoms with E-state index in [9.17, 15) is 5.11 Å². The van der Waals surface area contributed by atoms with E-state index in [1.165, 1.54) is 30.4 Å². The molecule has 1 spiro atoms. The van der Waals surface area contributed by atoms with Crippen molar-refractivity contribution < 1.29 is 14.6 Å². The summed E-state index contributed by atoms with van der Waals surface area (Å²) < 4.78 is 12.1. The number of benzene rings is 1. The maximum atomic E-state index is 10.2. The minimum absolute atomic E-state index is 0.0438. The van der Waals surface area contributed by atoms with E-state index in [1.807, 2.05) is 0 Å². The molecule has 1 fully saturated rings. The lowest BCUT2D eigenvalue weighted by molar-refractivity contribution is -0.0103. The number of methoxy groups -OCH3 is 1. The predicted octanol–water partition coefficient (Wildman–Crippen LogP) is 3.13. The molecule has 0 saturated heterocycles. The average molecular weight is 306 g/mol. The summed E-state index contributed by atoms with van der Waals surface area (Å²) in [5, 5.41) is 10.2. The summed E-state index contributed by atoms with van der Waals surface area (Å²) in [5.41, 5.74) is 2.75. The summed E-state index contributed by atoms with van der Waals surface area (Å²) in [5.74, 6) is 2.73. The molecule has 3 unspecified atom stereocenters. The highest BCUT2D eigenvalue weighted by Crippen LogP contribution is 2.62. The van der Waals surface area contributed by atoms with Gasteiger partial charge in [-0.1, -0.05) is 6.07 Å². The van der Waals surface area contributed by atoms with Crippen molar-refractivity contribution in [1.82, 2.24) is 0 Å². The van der Waals surface area contributed by atoms with Crippen molar-refractivity contribution >= 4 is 11.8 Å². The third kappa shape index (κ3) is 1.78. The number of fused-ring (bicyclic) bond motifs is 1. The van der Waals surface area contributed by atoms with E-state index in [0.29, 0.717) is 5.75 Å². The highest BCUT2D eigenvalue weighted by molar-refractivity contribution is 7.98. The van der Waals surface area contributed by atoms with Crippen LogP contribution in [0.15, 0.2) is 12.1 Å². The Morgan fingerprint density at radius 1 is 1.52 bits per heavy atom. The molecule has 2 aliphatic carbocycles. The maximum absolute atomic E-state index is 10.2. The molecule has 0 radical (unpaired) electrons. The van der Waals surface area contributed by atoms with Crippen molar-refractivity contribution in [2.75, 3.05) is 19.1 Å². The second-order valence-electron chi connectivity index (χ2n) is 6.68. The lowest BCUT2D eigenvalue weighted by Gasteiger charge is -2.37. The first kappa shape index (κ1) is 13.8. The fraction of sp³-hybridized carbons (Fsp3) is 0.647. The molecule has 3 aliphatic rings. The molecule has 0 amide bonds. The standard InChI is InChI=1S/C17H22O3S/c1-19-13(9-21-2)16-17-6-5-10(8-17)7-11-3-4-12(18)15(20-16)14(11)17/h3-4,10,13,16,18H,5-9H2,1-2H3/t10?,13?,16-,17?/m0/s1. The molecule has 1 aromatic carbocycles. The van der Waals surface area contributed by atoms with Crippen LogP contribution in [0.5, 0.6) is 11.5 Å². The lowest BCUT2D eigenvalue weighted by Crippen LogP contribution is -2.47. The molecular formula is C17H22O3S. The molecule has 4 rings (SSSR count). The second-order valence-corrected chi connectivity index (χ2v) is 7.60. The minimum Gasteiger partial charge on any atom is -0.504 e. The van der Waals surface area contributed by atoms with Crippen LogP contribution in [0.25, 0.3) is 0 Å². The molecule has 114 valence electrons. The van der Waals surface area contributed by atoms with Crippen LogP contribution in [0.4, 0.5) is 0 Å². The quantitative estimate of drug-likeness (QED) is 0.927. The first-order valence-corrected chi connectivity index (χ1v) is 9.12. The molecular weight excluding hydrogens is 284 g/mol. The molecule has 4 heteroatoms. The molecule has 0 aromatic heterocycles. The Bertz CT molecular complexity index is 573. The van der Waals surface area contributed by atoms with Gasteiger partial charge in [-0.05, 0) is 49.5 Å².